The number of aromatic amines is 1. The molecule has 1 heterocycles. The van der Waals surface area contributed by atoms with Crippen LogP contribution in [-0.4, -0.2) is 31.3 Å². The Hall–Kier alpha value is -2.14. The van der Waals surface area contributed by atoms with Crippen LogP contribution >= 0.6 is 11.6 Å². The molecular formula is C16H19ClN2O3. The number of allylic oxidation sites excluding steroid dienone is 1. The highest BCUT2D eigenvalue weighted by Gasteiger charge is 2.06. The van der Waals surface area contributed by atoms with Crippen LogP contribution in [0.15, 0.2) is 35.5 Å². The van der Waals surface area contributed by atoms with Crippen LogP contribution in [0.3, 0.4) is 0 Å². The number of ether oxygens (including phenoxy) is 2. The van der Waals surface area contributed by atoms with Gasteiger partial charge in [0.05, 0.1) is 7.11 Å². The quantitative estimate of drug-likeness (QED) is 0.854. The van der Waals surface area contributed by atoms with Gasteiger partial charge >= 0.3 is 6.09 Å². The molecule has 0 aliphatic heterocycles. The summed E-state index contributed by atoms with van der Waals surface area (Å²) < 4.78 is 10.2. The molecule has 5 nitrogen and oxygen atoms in total. The van der Waals surface area contributed by atoms with Gasteiger partial charge in [0, 0.05) is 28.7 Å². The van der Waals surface area contributed by atoms with Crippen molar-refractivity contribution in [1.29, 1.82) is 0 Å². The topological polar surface area (TPSA) is 63.3 Å². The fraction of sp³-hybridized carbons (Fsp3) is 0.312. The van der Waals surface area contributed by atoms with Crippen molar-refractivity contribution in [2.45, 2.75) is 13.3 Å². The lowest BCUT2D eigenvalue weighted by Crippen LogP contribution is -2.26. The first-order valence-corrected chi connectivity index (χ1v) is 7.35. The molecule has 1 amide bonds. The van der Waals surface area contributed by atoms with Gasteiger partial charge in [0.25, 0.3) is 0 Å². The Morgan fingerprint density at radius 3 is 3.00 bits per heavy atom. The number of nitrogens with one attached hydrogen (secondary N) is 2. The molecule has 22 heavy (non-hydrogen) atoms. The van der Waals surface area contributed by atoms with Crippen molar-refractivity contribution < 1.29 is 14.3 Å². The van der Waals surface area contributed by atoms with Crippen LogP contribution in [0.25, 0.3) is 10.9 Å². The van der Waals surface area contributed by atoms with Gasteiger partial charge in [0.15, 0.2) is 0 Å². The van der Waals surface area contributed by atoms with Crippen molar-refractivity contribution in [3.8, 4) is 5.75 Å². The molecule has 0 unspecified atom stereocenters. The molecule has 1 aromatic heterocycles. The lowest BCUT2D eigenvalue weighted by molar-refractivity contribution is 0.158. The molecule has 2 N–H and O–H groups in total. The van der Waals surface area contributed by atoms with E-state index in [4.69, 9.17) is 21.1 Å². The predicted molar refractivity (Wildman–Crippen MR) is 87.5 cm³/mol. The fourth-order valence-corrected chi connectivity index (χ4v) is 2.14. The van der Waals surface area contributed by atoms with Gasteiger partial charge in [-0.15, -0.1) is 0 Å². The lowest BCUT2D eigenvalue weighted by Gasteiger charge is -2.05. The molecule has 118 valence electrons. The highest BCUT2D eigenvalue weighted by molar-refractivity contribution is 6.29. The number of carbonyl (C=O) groups is 1. The summed E-state index contributed by atoms with van der Waals surface area (Å²) in [6, 6.07) is 5.86. The minimum atomic E-state index is -0.452. The van der Waals surface area contributed by atoms with E-state index in [0.29, 0.717) is 18.0 Å². The maximum Gasteiger partial charge on any atom is 0.407 e. The number of amides is 1. The Bertz CT molecular complexity index is 675. The monoisotopic (exact) mass is 322 g/mol. The summed E-state index contributed by atoms with van der Waals surface area (Å²) in [5.74, 6) is 0.809. The average Bonchev–Trinajstić information content (AvgIpc) is 2.89. The molecule has 0 radical (unpaired) electrons. The van der Waals surface area contributed by atoms with Gasteiger partial charge in [-0.1, -0.05) is 11.6 Å². The minimum Gasteiger partial charge on any atom is -0.497 e. The first-order chi connectivity index (χ1) is 10.6. The van der Waals surface area contributed by atoms with Gasteiger partial charge in [-0.3, -0.25) is 0 Å². The molecule has 2 aromatic rings. The molecular weight excluding hydrogens is 304 g/mol. The summed E-state index contributed by atoms with van der Waals surface area (Å²) in [4.78, 5) is 14.7. The van der Waals surface area contributed by atoms with E-state index in [-0.39, 0.29) is 6.61 Å². The maximum atomic E-state index is 11.5. The third kappa shape index (κ3) is 4.43. The first-order valence-electron chi connectivity index (χ1n) is 6.97. The van der Waals surface area contributed by atoms with Crippen molar-refractivity contribution in [3.05, 3.63) is 41.1 Å². The molecule has 0 aliphatic rings. The van der Waals surface area contributed by atoms with E-state index in [2.05, 4.69) is 10.3 Å². The van der Waals surface area contributed by atoms with Crippen LogP contribution in [0.1, 0.15) is 12.5 Å². The van der Waals surface area contributed by atoms with Gasteiger partial charge in [-0.2, -0.15) is 0 Å². The van der Waals surface area contributed by atoms with Crippen molar-refractivity contribution in [2.24, 2.45) is 0 Å². The maximum absolute atomic E-state index is 11.5. The molecule has 1 aromatic carbocycles. The van der Waals surface area contributed by atoms with Crippen LogP contribution in [0, 0.1) is 0 Å². The van der Waals surface area contributed by atoms with Crippen molar-refractivity contribution >= 4 is 28.6 Å². The SMILES string of the molecule is COc1ccc2[nH]cc(CCNC(=O)OCC=C(C)Cl)c2c1. The molecule has 6 heteroatoms. The van der Waals surface area contributed by atoms with Crippen LogP contribution in [0.4, 0.5) is 4.79 Å². The molecule has 0 atom stereocenters. The molecule has 0 aliphatic carbocycles. The number of rotatable bonds is 6. The van der Waals surface area contributed by atoms with Crippen LogP contribution < -0.4 is 10.1 Å². The summed E-state index contributed by atoms with van der Waals surface area (Å²) in [6.07, 6.45) is 3.82. The van der Waals surface area contributed by atoms with Gasteiger partial charge in [-0.05, 0) is 43.2 Å². The van der Waals surface area contributed by atoms with E-state index >= 15 is 0 Å². The number of halogens is 1. The van der Waals surface area contributed by atoms with Crippen molar-refractivity contribution in [2.75, 3.05) is 20.3 Å². The van der Waals surface area contributed by atoms with Gasteiger partial charge in [-0.25, -0.2) is 4.79 Å². The van der Waals surface area contributed by atoms with Gasteiger partial charge in [0.1, 0.15) is 12.4 Å². The second-order valence-electron chi connectivity index (χ2n) is 4.79. The zero-order chi connectivity index (χ0) is 15.9. The molecule has 0 fully saturated rings. The average molecular weight is 323 g/mol. The van der Waals surface area contributed by atoms with Crippen molar-refractivity contribution in [3.63, 3.8) is 0 Å². The number of fused-ring (bicyclic) bond motifs is 1. The fourth-order valence-electron chi connectivity index (χ4n) is 2.07. The summed E-state index contributed by atoms with van der Waals surface area (Å²) in [7, 11) is 1.64. The standard InChI is InChI=1S/C16H19ClN2O3/c1-11(17)6-8-22-16(20)18-7-5-12-10-19-15-4-3-13(21-2)9-14(12)15/h3-4,6,9-10,19H,5,7-8H2,1-2H3,(H,18,20). The summed E-state index contributed by atoms with van der Waals surface area (Å²) in [6.45, 7) is 2.39. The van der Waals surface area contributed by atoms with E-state index in [0.717, 1.165) is 22.2 Å². The highest BCUT2D eigenvalue weighted by Crippen LogP contribution is 2.23. The number of methoxy groups -OCH3 is 1. The van der Waals surface area contributed by atoms with Crippen LogP contribution in [-0.2, 0) is 11.2 Å². The van der Waals surface area contributed by atoms with E-state index in [1.807, 2.05) is 24.4 Å². The Morgan fingerprint density at radius 2 is 2.27 bits per heavy atom. The number of aromatic nitrogens is 1. The Morgan fingerprint density at radius 1 is 1.45 bits per heavy atom. The van der Waals surface area contributed by atoms with E-state index < -0.39 is 6.09 Å². The van der Waals surface area contributed by atoms with Crippen molar-refractivity contribution in [1.82, 2.24) is 10.3 Å². The Balaban J connectivity index is 1.87. The summed E-state index contributed by atoms with van der Waals surface area (Å²) in [5.41, 5.74) is 2.16. The van der Waals surface area contributed by atoms with Crippen LogP contribution in [0.5, 0.6) is 5.75 Å². The third-order valence-corrected chi connectivity index (χ3v) is 3.37. The smallest absolute Gasteiger partial charge is 0.407 e. The summed E-state index contributed by atoms with van der Waals surface area (Å²) in [5, 5.41) is 4.40. The lowest BCUT2D eigenvalue weighted by atomic mass is 10.1. The molecule has 0 bridgehead atoms. The van der Waals surface area contributed by atoms with E-state index in [1.165, 1.54) is 0 Å². The number of H-pyrrole nitrogens is 1. The predicted octanol–water partition coefficient (Wildman–Crippen LogP) is 3.59. The number of hydrogen-bond acceptors (Lipinski definition) is 3. The van der Waals surface area contributed by atoms with E-state index in [9.17, 15) is 4.79 Å². The zero-order valence-electron chi connectivity index (χ0n) is 12.6. The number of alkyl carbamates (subject to hydrolysis) is 1. The molecule has 0 spiro atoms. The van der Waals surface area contributed by atoms with Gasteiger partial charge < -0.3 is 19.8 Å². The minimum absolute atomic E-state index is 0.172. The van der Waals surface area contributed by atoms with E-state index in [1.54, 1.807) is 20.1 Å². The zero-order valence-corrected chi connectivity index (χ0v) is 13.4. The Kier molecular flexibility index (Phi) is 5.72. The third-order valence-electron chi connectivity index (χ3n) is 3.22. The Labute approximate surface area is 134 Å². The summed E-state index contributed by atoms with van der Waals surface area (Å²) >= 11 is 5.65. The highest BCUT2D eigenvalue weighted by atomic mass is 35.5. The van der Waals surface area contributed by atoms with Crippen LogP contribution in [0.2, 0.25) is 0 Å². The normalized spacial score (nSPS) is 11.5. The largest absolute Gasteiger partial charge is 0.497 e. The second-order valence-corrected chi connectivity index (χ2v) is 5.39. The number of benzene rings is 1. The van der Waals surface area contributed by atoms with Gasteiger partial charge in [0.2, 0.25) is 0 Å². The molecule has 0 saturated carbocycles. The number of hydrogen-bond donors (Lipinski definition) is 2. The molecule has 0 saturated heterocycles. The molecule has 2 rings (SSSR count). The number of carbonyl (C=O) groups excluding carboxylic acids is 1. The second kappa shape index (κ2) is 7.75. The first kappa shape index (κ1) is 16.2.